The smallest absolute Gasteiger partial charge is 0.260 e. The molecule has 0 unspecified atom stereocenters. The summed E-state index contributed by atoms with van der Waals surface area (Å²) in [6, 6.07) is 1.55. The molecule has 1 aliphatic heterocycles. The van der Waals surface area contributed by atoms with Crippen LogP contribution in [-0.4, -0.2) is 42.1 Å². The second-order valence-corrected chi connectivity index (χ2v) is 6.12. The maximum absolute atomic E-state index is 12.4. The van der Waals surface area contributed by atoms with Gasteiger partial charge >= 0.3 is 0 Å². The first-order valence-corrected chi connectivity index (χ1v) is 7.25. The summed E-state index contributed by atoms with van der Waals surface area (Å²) in [4.78, 5) is 0. The number of nitrogens with two attached hydrogens (primary N) is 1. The maximum atomic E-state index is 12.4. The predicted molar refractivity (Wildman–Crippen MR) is 63.8 cm³/mol. The van der Waals surface area contributed by atoms with Gasteiger partial charge in [0.2, 0.25) is 0 Å². The van der Waals surface area contributed by atoms with Gasteiger partial charge in [0.15, 0.2) is 5.03 Å². The quantitative estimate of drug-likeness (QED) is 0.816. The van der Waals surface area contributed by atoms with Gasteiger partial charge in [-0.3, -0.25) is 4.68 Å². The zero-order valence-corrected chi connectivity index (χ0v) is 10.7. The molecule has 0 bridgehead atoms. The van der Waals surface area contributed by atoms with Crippen LogP contribution in [0.5, 0.6) is 0 Å². The second kappa shape index (κ2) is 4.75. The van der Waals surface area contributed by atoms with Crippen LogP contribution in [0.15, 0.2) is 17.3 Å². The Bertz CT molecular complexity index is 482. The lowest BCUT2D eigenvalue weighted by molar-refractivity contribution is 0.447. The van der Waals surface area contributed by atoms with Crippen LogP contribution < -0.4 is 5.73 Å². The van der Waals surface area contributed by atoms with Crippen molar-refractivity contribution < 1.29 is 8.42 Å². The van der Waals surface area contributed by atoms with E-state index < -0.39 is 10.0 Å². The van der Waals surface area contributed by atoms with E-state index in [1.165, 1.54) is 15.2 Å². The summed E-state index contributed by atoms with van der Waals surface area (Å²) in [6.07, 6.45) is 2.36. The van der Waals surface area contributed by atoms with Crippen LogP contribution in [0.2, 0.25) is 0 Å². The molecule has 0 amide bonds. The molecule has 1 atom stereocenters. The Labute approximate surface area is 101 Å². The standard InChI is InChI=1S/C10H18N4O2S/c1-2-14-10(3-5-12-14)17(15,16)13-6-4-9(7-11)8-13/h3,5,9H,2,4,6-8,11H2,1H3/t9-/m0/s1. The molecule has 0 aliphatic carbocycles. The van der Waals surface area contributed by atoms with E-state index in [0.717, 1.165) is 6.42 Å². The van der Waals surface area contributed by atoms with Gasteiger partial charge in [0.05, 0.1) is 6.20 Å². The number of hydrogen-bond donors (Lipinski definition) is 1. The molecule has 2 heterocycles. The molecule has 0 aromatic carbocycles. The van der Waals surface area contributed by atoms with Crippen LogP contribution in [-0.2, 0) is 16.6 Å². The molecule has 1 aromatic rings. The highest BCUT2D eigenvalue weighted by Gasteiger charge is 2.33. The van der Waals surface area contributed by atoms with Crippen LogP contribution in [0.1, 0.15) is 13.3 Å². The van der Waals surface area contributed by atoms with Gasteiger partial charge < -0.3 is 5.73 Å². The van der Waals surface area contributed by atoms with Gasteiger partial charge in [-0.15, -0.1) is 0 Å². The lowest BCUT2D eigenvalue weighted by atomic mass is 10.1. The Morgan fingerprint density at radius 2 is 2.35 bits per heavy atom. The fourth-order valence-corrected chi connectivity index (χ4v) is 3.81. The summed E-state index contributed by atoms with van der Waals surface area (Å²) in [5.74, 6) is 0.280. The van der Waals surface area contributed by atoms with Crippen LogP contribution in [0.25, 0.3) is 0 Å². The summed E-state index contributed by atoms with van der Waals surface area (Å²) < 4.78 is 27.7. The van der Waals surface area contributed by atoms with Crippen LogP contribution >= 0.6 is 0 Å². The number of rotatable bonds is 4. The largest absolute Gasteiger partial charge is 0.330 e. The van der Waals surface area contributed by atoms with E-state index in [1.54, 1.807) is 6.07 Å². The third-order valence-electron chi connectivity index (χ3n) is 3.16. The highest BCUT2D eigenvalue weighted by molar-refractivity contribution is 7.89. The lowest BCUT2D eigenvalue weighted by Crippen LogP contribution is -2.31. The molecule has 17 heavy (non-hydrogen) atoms. The summed E-state index contributed by atoms with van der Waals surface area (Å²) >= 11 is 0. The van der Waals surface area contributed by atoms with E-state index in [1.807, 2.05) is 6.92 Å². The van der Waals surface area contributed by atoms with Crippen molar-refractivity contribution in [2.24, 2.45) is 11.7 Å². The number of sulfonamides is 1. The third kappa shape index (κ3) is 2.22. The van der Waals surface area contributed by atoms with Crippen molar-refractivity contribution in [3.63, 3.8) is 0 Å². The Morgan fingerprint density at radius 1 is 1.59 bits per heavy atom. The molecular weight excluding hydrogens is 240 g/mol. The minimum Gasteiger partial charge on any atom is -0.330 e. The SMILES string of the molecule is CCn1nccc1S(=O)(=O)N1CC[C@@H](CN)C1. The maximum Gasteiger partial charge on any atom is 0.260 e. The molecule has 0 saturated carbocycles. The first-order valence-electron chi connectivity index (χ1n) is 5.81. The number of hydrogen-bond acceptors (Lipinski definition) is 4. The van der Waals surface area contributed by atoms with Gasteiger partial charge in [0.25, 0.3) is 10.0 Å². The summed E-state index contributed by atoms with van der Waals surface area (Å²) in [6.45, 7) is 4.04. The molecule has 2 rings (SSSR count). The van der Waals surface area contributed by atoms with Crippen molar-refractivity contribution in [2.45, 2.75) is 24.9 Å². The Kier molecular flexibility index (Phi) is 3.50. The van der Waals surface area contributed by atoms with Gasteiger partial charge in [-0.1, -0.05) is 0 Å². The van der Waals surface area contributed by atoms with Crippen LogP contribution in [0.4, 0.5) is 0 Å². The van der Waals surface area contributed by atoms with Crippen molar-refractivity contribution in [1.29, 1.82) is 0 Å². The number of aromatic nitrogens is 2. The molecule has 1 aliphatic rings. The third-order valence-corrected chi connectivity index (χ3v) is 5.05. The number of nitrogens with zero attached hydrogens (tertiary/aromatic N) is 3. The number of aryl methyl sites for hydroxylation is 1. The Hall–Kier alpha value is -0.920. The molecular formula is C10H18N4O2S. The van der Waals surface area contributed by atoms with E-state index in [0.29, 0.717) is 26.2 Å². The summed E-state index contributed by atoms with van der Waals surface area (Å²) in [5.41, 5.74) is 5.58. The van der Waals surface area contributed by atoms with Gasteiger partial charge in [0.1, 0.15) is 0 Å². The van der Waals surface area contributed by atoms with Gasteiger partial charge in [-0.2, -0.15) is 9.40 Å². The monoisotopic (exact) mass is 258 g/mol. The van der Waals surface area contributed by atoms with E-state index in [9.17, 15) is 8.42 Å². The molecule has 0 spiro atoms. The first kappa shape index (κ1) is 12.5. The Balaban J connectivity index is 2.26. The van der Waals surface area contributed by atoms with Crippen molar-refractivity contribution in [3.05, 3.63) is 12.3 Å². The van der Waals surface area contributed by atoms with Crippen molar-refractivity contribution >= 4 is 10.0 Å². The van der Waals surface area contributed by atoms with E-state index in [2.05, 4.69) is 5.10 Å². The van der Waals surface area contributed by atoms with Crippen molar-refractivity contribution in [2.75, 3.05) is 19.6 Å². The highest BCUT2D eigenvalue weighted by atomic mass is 32.2. The van der Waals surface area contributed by atoms with Crippen molar-refractivity contribution in [3.8, 4) is 0 Å². The topological polar surface area (TPSA) is 81.2 Å². The molecule has 0 radical (unpaired) electrons. The minimum atomic E-state index is -3.40. The molecule has 2 N–H and O–H groups in total. The van der Waals surface area contributed by atoms with Gasteiger partial charge in [-0.05, 0) is 31.9 Å². The molecule has 1 aromatic heterocycles. The van der Waals surface area contributed by atoms with Crippen LogP contribution in [0.3, 0.4) is 0 Å². The molecule has 7 heteroatoms. The van der Waals surface area contributed by atoms with Crippen molar-refractivity contribution in [1.82, 2.24) is 14.1 Å². The van der Waals surface area contributed by atoms with E-state index in [-0.39, 0.29) is 10.9 Å². The summed E-state index contributed by atoms with van der Waals surface area (Å²) in [5, 5.41) is 4.27. The predicted octanol–water partition coefficient (Wildman–Crippen LogP) is -0.128. The molecule has 1 saturated heterocycles. The van der Waals surface area contributed by atoms with Gasteiger partial charge in [0, 0.05) is 19.6 Å². The molecule has 1 fully saturated rings. The summed E-state index contributed by atoms with van der Waals surface area (Å²) in [7, 11) is -3.40. The van der Waals surface area contributed by atoms with E-state index >= 15 is 0 Å². The zero-order chi connectivity index (χ0) is 12.5. The average molecular weight is 258 g/mol. The fourth-order valence-electron chi connectivity index (χ4n) is 2.12. The lowest BCUT2D eigenvalue weighted by Gasteiger charge is -2.16. The Morgan fingerprint density at radius 3 is 2.94 bits per heavy atom. The van der Waals surface area contributed by atoms with Crippen LogP contribution in [0, 0.1) is 5.92 Å². The highest BCUT2D eigenvalue weighted by Crippen LogP contribution is 2.23. The minimum absolute atomic E-state index is 0.276. The first-order chi connectivity index (χ1) is 8.09. The fraction of sp³-hybridized carbons (Fsp3) is 0.700. The van der Waals surface area contributed by atoms with Gasteiger partial charge in [-0.25, -0.2) is 8.42 Å². The molecule has 6 nitrogen and oxygen atoms in total. The normalized spacial score (nSPS) is 22.1. The average Bonchev–Trinajstić information content (AvgIpc) is 2.97. The van der Waals surface area contributed by atoms with E-state index in [4.69, 9.17) is 5.73 Å². The second-order valence-electron chi connectivity index (χ2n) is 4.24. The zero-order valence-electron chi connectivity index (χ0n) is 9.91. The molecule has 96 valence electrons.